The normalized spacial score (nSPS) is 12.2. The van der Waals surface area contributed by atoms with Gasteiger partial charge in [0.2, 0.25) is 5.91 Å². The van der Waals surface area contributed by atoms with E-state index in [1.165, 1.54) is 4.90 Å². The Bertz CT molecular complexity index is 442. The van der Waals surface area contributed by atoms with Gasteiger partial charge in [0.15, 0.2) is 0 Å². The molecule has 1 aromatic rings. The average Bonchev–Trinajstić information content (AvgIpc) is 2.42. The molecule has 0 bridgehead atoms. The quantitative estimate of drug-likeness (QED) is 0.832. The van der Waals surface area contributed by atoms with Gasteiger partial charge in [-0.2, -0.15) is 0 Å². The average molecular weight is 277 g/mol. The van der Waals surface area contributed by atoms with Crippen LogP contribution < -0.4 is 4.90 Å². The first-order valence-electron chi connectivity index (χ1n) is 7.05. The summed E-state index contributed by atoms with van der Waals surface area (Å²) in [5, 5.41) is 9.05. The van der Waals surface area contributed by atoms with Crippen molar-refractivity contribution < 1.29 is 14.7 Å². The number of amides is 1. The zero-order valence-electron chi connectivity index (χ0n) is 12.4. The predicted octanol–water partition coefficient (Wildman–Crippen LogP) is 3.18. The van der Waals surface area contributed by atoms with E-state index < -0.39 is 5.97 Å². The van der Waals surface area contributed by atoms with Gasteiger partial charge in [-0.1, -0.05) is 45.4 Å². The molecule has 0 saturated heterocycles. The van der Waals surface area contributed by atoms with Crippen molar-refractivity contribution in [3.8, 4) is 0 Å². The van der Waals surface area contributed by atoms with Gasteiger partial charge >= 0.3 is 5.97 Å². The Morgan fingerprint density at radius 3 is 2.25 bits per heavy atom. The van der Waals surface area contributed by atoms with E-state index in [2.05, 4.69) is 0 Å². The number of carbonyl (C=O) groups is 2. The summed E-state index contributed by atoms with van der Waals surface area (Å²) < 4.78 is 0. The lowest BCUT2D eigenvalue weighted by atomic mass is 9.90. The standard InChI is InChI=1S/C16H23NO3/c1-4-8-14(12(2)3)16(20)17(11-15(18)19)13-9-6-5-7-10-13/h5-7,9-10,12,14H,4,8,11H2,1-3H3,(H,18,19). The molecule has 1 unspecified atom stereocenters. The van der Waals surface area contributed by atoms with Crippen molar-refractivity contribution in [2.24, 2.45) is 11.8 Å². The highest BCUT2D eigenvalue weighted by molar-refractivity contribution is 5.98. The highest BCUT2D eigenvalue weighted by atomic mass is 16.4. The van der Waals surface area contributed by atoms with Crippen molar-refractivity contribution in [3.63, 3.8) is 0 Å². The van der Waals surface area contributed by atoms with E-state index >= 15 is 0 Å². The zero-order valence-corrected chi connectivity index (χ0v) is 12.4. The molecule has 1 amide bonds. The Labute approximate surface area is 120 Å². The van der Waals surface area contributed by atoms with Crippen LogP contribution in [0.2, 0.25) is 0 Å². The lowest BCUT2D eigenvalue weighted by molar-refractivity contribution is -0.137. The number of nitrogens with zero attached hydrogens (tertiary/aromatic N) is 1. The Kier molecular flexibility index (Phi) is 6.22. The zero-order chi connectivity index (χ0) is 15.1. The number of aliphatic carboxylic acids is 1. The summed E-state index contributed by atoms with van der Waals surface area (Å²) in [7, 11) is 0. The molecule has 1 aromatic carbocycles. The maximum atomic E-state index is 12.7. The maximum absolute atomic E-state index is 12.7. The van der Waals surface area contributed by atoms with E-state index in [4.69, 9.17) is 5.11 Å². The second kappa shape index (κ2) is 7.68. The van der Waals surface area contributed by atoms with Crippen molar-refractivity contribution in [2.45, 2.75) is 33.6 Å². The minimum atomic E-state index is -0.999. The van der Waals surface area contributed by atoms with Crippen molar-refractivity contribution in [1.29, 1.82) is 0 Å². The third kappa shape index (κ3) is 4.37. The number of hydrogen-bond donors (Lipinski definition) is 1. The Hall–Kier alpha value is -1.84. The molecule has 20 heavy (non-hydrogen) atoms. The summed E-state index contributed by atoms with van der Waals surface area (Å²) in [4.78, 5) is 25.1. The Morgan fingerprint density at radius 2 is 1.80 bits per heavy atom. The van der Waals surface area contributed by atoms with Gasteiger partial charge in [-0.25, -0.2) is 0 Å². The molecule has 0 aliphatic rings. The molecule has 0 aliphatic heterocycles. The van der Waals surface area contributed by atoms with Crippen molar-refractivity contribution in [1.82, 2.24) is 0 Å². The van der Waals surface area contributed by atoms with E-state index in [1.54, 1.807) is 12.1 Å². The smallest absolute Gasteiger partial charge is 0.323 e. The van der Waals surface area contributed by atoms with Crippen LogP contribution in [-0.4, -0.2) is 23.5 Å². The van der Waals surface area contributed by atoms with E-state index in [9.17, 15) is 9.59 Å². The first-order valence-corrected chi connectivity index (χ1v) is 7.05. The molecule has 0 heterocycles. The largest absolute Gasteiger partial charge is 0.480 e. The number of carbonyl (C=O) groups excluding carboxylic acids is 1. The number of anilines is 1. The lowest BCUT2D eigenvalue weighted by Gasteiger charge is -2.28. The van der Waals surface area contributed by atoms with Gasteiger partial charge in [0.1, 0.15) is 6.54 Å². The third-order valence-corrected chi connectivity index (χ3v) is 3.35. The molecule has 110 valence electrons. The van der Waals surface area contributed by atoms with Crippen molar-refractivity contribution >= 4 is 17.6 Å². The number of para-hydroxylation sites is 1. The number of rotatable bonds is 7. The molecule has 1 rings (SSSR count). The number of carboxylic acid groups (broad SMARTS) is 1. The molecule has 0 fully saturated rings. The van der Waals surface area contributed by atoms with Crippen molar-refractivity contribution in [2.75, 3.05) is 11.4 Å². The fourth-order valence-corrected chi connectivity index (χ4v) is 2.29. The van der Waals surface area contributed by atoms with Crippen LogP contribution >= 0.6 is 0 Å². The molecule has 0 aliphatic carbocycles. The number of benzene rings is 1. The predicted molar refractivity (Wildman–Crippen MR) is 79.7 cm³/mol. The number of carboxylic acids is 1. The highest BCUT2D eigenvalue weighted by Crippen LogP contribution is 2.23. The van der Waals surface area contributed by atoms with Crippen molar-refractivity contribution in [3.05, 3.63) is 30.3 Å². The molecule has 0 aromatic heterocycles. The highest BCUT2D eigenvalue weighted by Gasteiger charge is 2.28. The van der Waals surface area contributed by atoms with Crippen LogP contribution in [0.3, 0.4) is 0 Å². The number of hydrogen-bond acceptors (Lipinski definition) is 2. The van der Waals surface area contributed by atoms with Crippen LogP contribution in [0, 0.1) is 11.8 Å². The molecule has 0 saturated carbocycles. The van der Waals surface area contributed by atoms with Gasteiger partial charge in [0.25, 0.3) is 0 Å². The molecule has 1 N–H and O–H groups in total. The Balaban J connectivity index is 3.03. The summed E-state index contributed by atoms with van der Waals surface area (Å²) in [5.74, 6) is -1.04. The minimum Gasteiger partial charge on any atom is -0.480 e. The lowest BCUT2D eigenvalue weighted by Crippen LogP contribution is -2.41. The first kappa shape index (κ1) is 16.2. The van der Waals surface area contributed by atoms with E-state index in [-0.39, 0.29) is 24.3 Å². The second-order valence-electron chi connectivity index (χ2n) is 5.29. The second-order valence-corrected chi connectivity index (χ2v) is 5.29. The summed E-state index contributed by atoms with van der Waals surface area (Å²) in [6.45, 7) is 5.74. The van der Waals surface area contributed by atoms with Gasteiger partial charge in [-0.05, 0) is 24.5 Å². The van der Waals surface area contributed by atoms with E-state index in [0.717, 1.165) is 12.8 Å². The molecular formula is C16H23NO3. The van der Waals surface area contributed by atoms with Gasteiger partial charge in [0, 0.05) is 11.6 Å². The topological polar surface area (TPSA) is 57.6 Å². The van der Waals surface area contributed by atoms with Crippen LogP contribution in [0.1, 0.15) is 33.6 Å². The first-order chi connectivity index (χ1) is 9.47. The molecule has 4 nitrogen and oxygen atoms in total. The fourth-order valence-electron chi connectivity index (χ4n) is 2.29. The van der Waals surface area contributed by atoms with Crippen LogP contribution in [-0.2, 0) is 9.59 Å². The van der Waals surface area contributed by atoms with Gasteiger partial charge in [-0.15, -0.1) is 0 Å². The summed E-state index contributed by atoms with van der Waals surface area (Å²) in [5.41, 5.74) is 0.640. The maximum Gasteiger partial charge on any atom is 0.323 e. The van der Waals surface area contributed by atoms with Gasteiger partial charge in [-0.3, -0.25) is 9.59 Å². The van der Waals surface area contributed by atoms with Gasteiger partial charge in [0.05, 0.1) is 0 Å². The molecule has 1 atom stereocenters. The van der Waals surface area contributed by atoms with Gasteiger partial charge < -0.3 is 10.0 Å². The van der Waals surface area contributed by atoms with Crippen LogP contribution in [0.25, 0.3) is 0 Å². The SMILES string of the molecule is CCCC(C(=O)N(CC(=O)O)c1ccccc1)C(C)C. The summed E-state index contributed by atoms with van der Waals surface area (Å²) >= 11 is 0. The summed E-state index contributed by atoms with van der Waals surface area (Å²) in [6.07, 6.45) is 1.68. The van der Waals surface area contributed by atoms with E-state index in [1.807, 2.05) is 39.0 Å². The van der Waals surface area contributed by atoms with Crippen LogP contribution in [0.5, 0.6) is 0 Å². The molecule has 0 spiro atoms. The monoisotopic (exact) mass is 277 g/mol. The Morgan fingerprint density at radius 1 is 1.20 bits per heavy atom. The van der Waals surface area contributed by atoms with E-state index in [0.29, 0.717) is 5.69 Å². The molecule has 0 radical (unpaired) electrons. The van der Waals surface area contributed by atoms with Crippen LogP contribution in [0.15, 0.2) is 30.3 Å². The summed E-state index contributed by atoms with van der Waals surface area (Å²) in [6, 6.07) is 9.00. The molecule has 4 heteroatoms. The third-order valence-electron chi connectivity index (χ3n) is 3.35. The molecular weight excluding hydrogens is 254 g/mol. The minimum absolute atomic E-state index is 0.101. The van der Waals surface area contributed by atoms with Crippen LogP contribution in [0.4, 0.5) is 5.69 Å². The fraction of sp³-hybridized carbons (Fsp3) is 0.500.